The summed E-state index contributed by atoms with van der Waals surface area (Å²) >= 11 is 0. The van der Waals surface area contributed by atoms with Crippen LogP contribution in [-0.4, -0.2) is 42.8 Å². The SMILES string of the molecule is CC1CCN1CCOC1CCC(N)CC1. The van der Waals surface area contributed by atoms with Gasteiger partial charge in [0.1, 0.15) is 0 Å². The second-order valence-corrected chi connectivity index (χ2v) is 5.08. The molecule has 2 rings (SSSR count). The quantitative estimate of drug-likeness (QED) is 0.765. The maximum Gasteiger partial charge on any atom is 0.0597 e. The van der Waals surface area contributed by atoms with Gasteiger partial charge in [0.05, 0.1) is 12.7 Å². The first-order chi connectivity index (χ1) is 7.25. The van der Waals surface area contributed by atoms with Crippen LogP contribution >= 0.6 is 0 Å². The molecule has 1 aliphatic heterocycles. The molecule has 3 heteroatoms. The van der Waals surface area contributed by atoms with Crippen molar-refractivity contribution in [3.8, 4) is 0 Å². The van der Waals surface area contributed by atoms with Crippen LogP contribution in [-0.2, 0) is 4.74 Å². The average molecular weight is 212 g/mol. The molecule has 0 amide bonds. The van der Waals surface area contributed by atoms with Crippen LogP contribution in [0.25, 0.3) is 0 Å². The van der Waals surface area contributed by atoms with Crippen LogP contribution in [0.1, 0.15) is 39.0 Å². The van der Waals surface area contributed by atoms with Crippen LogP contribution in [0, 0.1) is 0 Å². The zero-order valence-corrected chi connectivity index (χ0v) is 9.82. The molecule has 2 aliphatic rings. The molecule has 3 nitrogen and oxygen atoms in total. The average Bonchev–Trinajstić information content (AvgIpc) is 2.25. The minimum atomic E-state index is 0.431. The first kappa shape index (κ1) is 11.4. The van der Waals surface area contributed by atoms with Crippen molar-refractivity contribution in [3.63, 3.8) is 0 Å². The Balaban J connectivity index is 1.54. The molecule has 0 aromatic heterocycles. The number of rotatable bonds is 4. The molecule has 1 saturated carbocycles. The van der Waals surface area contributed by atoms with Gasteiger partial charge in [-0.15, -0.1) is 0 Å². The van der Waals surface area contributed by atoms with Gasteiger partial charge in [-0.2, -0.15) is 0 Å². The Morgan fingerprint density at radius 1 is 1.20 bits per heavy atom. The van der Waals surface area contributed by atoms with E-state index in [4.69, 9.17) is 10.5 Å². The van der Waals surface area contributed by atoms with Crippen LogP contribution < -0.4 is 5.73 Å². The largest absolute Gasteiger partial charge is 0.377 e. The second kappa shape index (κ2) is 5.28. The summed E-state index contributed by atoms with van der Waals surface area (Å²) in [7, 11) is 0. The van der Waals surface area contributed by atoms with Gasteiger partial charge >= 0.3 is 0 Å². The minimum absolute atomic E-state index is 0.431. The van der Waals surface area contributed by atoms with Gasteiger partial charge in [0.2, 0.25) is 0 Å². The van der Waals surface area contributed by atoms with Crippen LogP contribution in [0.3, 0.4) is 0 Å². The summed E-state index contributed by atoms with van der Waals surface area (Å²) in [6.45, 7) is 5.58. The molecule has 15 heavy (non-hydrogen) atoms. The zero-order valence-electron chi connectivity index (χ0n) is 9.82. The highest BCUT2D eigenvalue weighted by Crippen LogP contribution is 2.20. The lowest BCUT2D eigenvalue weighted by Gasteiger charge is -2.39. The van der Waals surface area contributed by atoms with Gasteiger partial charge in [-0.1, -0.05) is 0 Å². The summed E-state index contributed by atoms with van der Waals surface area (Å²) in [4.78, 5) is 2.49. The summed E-state index contributed by atoms with van der Waals surface area (Å²) in [6, 6.07) is 1.22. The molecule has 0 aromatic carbocycles. The fraction of sp³-hybridized carbons (Fsp3) is 1.00. The van der Waals surface area contributed by atoms with Crippen molar-refractivity contribution >= 4 is 0 Å². The third-order valence-electron chi connectivity index (χ3n) is 3.91. The molecule has 0 bridgehead atoms. The van der Waals surface area contributed by atoms with Crippen LogP contribution in [0.4, 0.5) is 0 Å². The highest BCUT2D eigenvalue weighted by molar-refractivity contribution is 4.79. The zero-order chi connectivity index (χ0) is 10.7. The van der Waals surface area contributed by atoms with E-state index >= 15 is 0 Å². The number of nitrogens with two attached hydrogens (primary N) is 1. The highest BCUT2D eigenvalue weighted by Gasteiger charge is 2.23. The molecule has 2 N–H and O–H groups in total. The van der Waals surface area contributed by atoms with Crippen molar-refractivity contribution in [2.45, 2.75) is 57.2 Å². The Bertz CT molecular complexity index is 190. The maximum absolute atomic E-state index is 5.89. The Hall–Kier alpha value is -0.120. The Labute approximate surface area is 93.0 Å². The standard InChI is InChI=1S/C12H24N2O/c1-10-6-7-14(10)8-9-15-12-4-2-11(13)3-5-12/h10-12H,2-9,13H2,1H3. The number of hydrogen-bond donors (Lipinski definition) is 1. The molecule has 0 aromatic rings. The van der Waals surface area contributed by atoms with Gasteiger partial charge in [-0.05, 0) is 45.6 Å². The Morgan fingerprint density at radius 2 is 1.93 bits per heavy atom. The molecule has 1 unspecified atom stereocenters. The molecule has 88 valence electrons. The molecular formula is C12H24N2O. The smallest absolute Gasteiger partial charge is 0.0597 e. The van der Waals surface area contributed by atoms with E-state index in [1.807, 2.05) is 0 Å². The molecule has 1 saturated heterocycles. The Kier molecular flexibility index (Phi) is 4.00. The minimum Gasteiger partial charge on any atom is -0.377 e. The van der Waals surface area contributed by atoms with Gasteiger partial charge in [-0.25, -0.2) is 0 Å². The van der Waals surface area contributed by atoms with E-state index in [-0.39, 0.29) is 0 Å². The molecule has 1 atom stereocenters. The summed E-state index contributed by atoms with van der Waals surface area (Å²) in [5.41, 5.74) is 5.86. The van der Waals surface area contributed by atoms with Crippen LogP contribution in [0.15, 0.2) is 0 Å². The van der Waals surface area contributed by atoms with Crippen molar-refractivity contribution < 1.29 is 4.74 Å². The third-order valence-corrected chi connectivity index (χ3v) is 3.91. The topological polar surface area (TPSA) is 38.5 Å². The van der Waals surface area contributed by atoms with Gasteiger partial charge in [0.25, 0.3) is 0 Å². The fourth-order valence-corrected chi connectivity index (χ4v) is 2.49. The van der Waals surface area contributed by atoms with Gasteiger partial charge in [0, 0.05) is 18.6 Å². The number of likely N-dealkylation sites (tertiary alicyclic amines) is 1. The van der Waals surface area contributed by atoms with E-state index in [1.165, 1.54) is 13.0 Å². The number of ether oxygens (including phenoxy) is 1. The molecule has 1 aliphatic carbocycles. The molecule has 0 spiro atoms. The normalized spacial score (nSPS) is 37.6. The summed E-state index contributed by atoms with van der Waals surface area (Å²) in [5.74, 6) is 0. The van der Waals surface area contributed by atoms with Crippen molar-refractivity contribution in [2.75, 3.05) is 19.7 Å². The van der Waals surface area contributed by atoms with Gasteiger partial charge in [-0.3, -0.25) is 4.90 Å². The third kappa shape index (κ3) is 3.16. The lowest BCUT2D eigenvalue weighted by molar-refractivity contribution is -0.00634. The van der Waals surface area contributed by atoms with Crippen molar-refractivity contribution in [1.82, 2.24) is 4.90 Å². The Morgan fingerprint density at radius 3 is 2.47 bits per heavy atom. The van der Waals surface area contributed by atoms with E-state index < -0.39 is 0 Å². The molecule has 1 heterocycles. The summed E-state index contributed by atoms with van der Waals surface area (Å²) in [6.07, 6.45) is 6.46. The predicted molar refractivity (Wildman–Crippen MR) is 61.8 cm³/mol. The van der Waals surface area contributed by atoms with Crippen molar-refractivity contribution in [1.29, 1.82) is 0 Å². The first-order valence-corrected chi connectivity index (χ1v) is 6.37. The van der Waals surface area contributed by atoms with Crippen LogP contribution in [0.5, 0.6) is 0 Å². The first-order valence-electron chi connectivity index (χ1n) is 6.37. The van der Waals surface area contributed by atoms with E-state index in [0.717, 1.165) is 44.9 Å². The lowest BCUT2D eigenvalue weighted by Crippen LogP contribution is -2.47. The molecule has 0 radical (unpaired) electrons. The lowest BCUT2D eigenvalue weighted by atomic mass is 9.94. The van der Waals surface area contributed by atoms with E-state index in [9.17, 15) is 0 Å². The van der Waals surface area contributed by atoms with Crippen LogP contribution in [0.2, 0.25) is 0 Å². The number of hydrogen-bond acceptors (Lipinski definition) is 3. The van der Waals surface area contributed by atoms with E-state index in [2.05, 4.69) is 11.8 Å². The summed E-state index contributed by atoms with van der Waals surface area (Å²) < 4.78 is 5.89. The predicted octanol–water partition coefficient (Wildman–Crippen LogP) is 1.37. The van der Waals surface area contributed by atoms with E-state index in [1.54, 1.807) is 0 Å². The fourth-order valence-electron chi connectivity index (χ4n) is 2.49. The second-order valence-electron chi connectivity index (χ2n) is 5.08. The molecular weight excluding hydrogens is 188 g/mol. The molecule has 2 fully saturated rings. The van der Waals surface area contributed by atoms with Gasteiger partial charge < -0.3 is 10.5 Å². The monoisotopic (exact) mass is 212 g/mol. The van der Waals surface area contributed by atoms with Crippen molar-refractivity contribution in [3.05, 3.63) is 0 Å². The number of nitrogens with zero attached hydrogens (tertiary/aromatic N) is 1. The maximum atomic E-state index is 5.89. The summed E-state index contributed by atoms with van der Waals surface area (Å²) in [5, 5.41) is 0. The highest BCUT2D eigenvalue weighted by atomic mass is 16.5. The van der Waals surface area contributed by atoms with Gasteiger partial charge in [0.15, 0.2) is 0 Å². The van der Waals surface area contributed by atoms with Crippen molar-refractivity contribution in [2.24, 2.45) is 5.73 Å². The van der Waals surface area contributed by atoms with E-state index in [0.29, 0.717) is 12.1 Å².